The van der Waals surface area contributed by atoms with Crippen LogP contribution in [0.4, 0.5) is 0 Å². The van der Waals surface area contributed by atoms with Crippen LogP contribution in [-0.4, -0.2) is 28.5 Å². The maximum Gasteiger partial charge on any atom is 0.303 e. The van der Waals surface area contributed by atoms with Gasteiger partial charge in [-0.25, -0.2) is 0 Å². The van der Waals surface area contributed by atoms with Gasteiger partial charge < -0.3 is 15.4 Å². The molecule has 0 aromatic carbocycles. The number of H-pyrrole nitrogens is 1. The van der Waals surface area contributed by atoms with Crippen LogP contribution in [0.5, 0.6) is 0 Å². The monoisotopic (exact) mass is 254 g/mol. The zero-order chi connectivity index (χ0) is 13.2. The fraction of sp³-hybridized carbons (Fsp3) is 0.538. The summed E-state index contributed by atoms with van der Waals surface area (Å²) >= 11 is 0. The van der Waals surface area contributed by atoms with Crippen molar-refractivity contribution in [1.29, 1.82) is 0 Å². The average Bonchev–Trinajstić information content (AvgIpc) is 2.85. The predicted octanol–water partition coefficient (Wildman–Crippen LogP) is 2.42. The summed E-state index contributed by atoms with van der Waals surface area (Å²) < 4.78 is 0. The number of aliphatic carboxylic acids is 1. The lowest BCUT2D eigenvalue weighted by Crippen LogP contribution is -2.24. The number of nitrogens with one attached hydrogen (secondary N) is 2. The van der Waals surface area contributed by atoms with E-state index < -0.39 is 5.97 Å². The number of carbonyl (C=O) groups excluding carboxylic acids is 1. The third-order valence-corrected chi connectivity index (χ3v) is 2.70. The number of aromatic amines is 1. The molecule has 102 valence electrons. The zero-order valence-corrected chi connectivity index (χ0v) is 10.4. The van der Waals surface area contributed by atoms with Gasteiger partial charge in [-0.1, -0.05) is 19.3 Å². The highest BCUT2D eigenvalue weighted by Crippen LogP contribution is 2.05. The van der Waals surface area contributed by atoms with Gasteiger partial charge in [0.25, 0.3) is 5.91 Å². The summed E-state index contributed by atoms with van der Waals surface area (Å²) in [5.41, 5.74) is 0.580. The van der Waals surface area contributed by atoms with Crippen molar-refractivity contribution in [1.82, 2.24) is 10.3 Å². The van der Waals surface area contributed by atoms with Crippen LogP contribution in [0.1, 0.15) is 50.4 Å². The third-order valence-electron chi connectivity index (χ3n) is 2.70. The Balaban J connectivity index is 0.00000324. The lowest BCUT2D eigenvalue weighted by molar-refractivity contribution is -0.137. The first-order valence-electron chi connectivity index (χ1n) is 6.33. The Bertz CT molecular complexity index is 366. The SMILES string of the molecule is O=C(O)CCCCCCCNC(=O)c1ccc[nH]1.[HH]. The van der Waals surface area contributed by atoms with Gasteiger partial charge in [-0.3, -0.25) is 9.59 Å². The Kier molecular flexibility index (Phi) is 6.61. The van der Waals surface area contributed by atoms with Gasteiger partial charge in [-0.15, -0.1) is 0 Å². The van der Waals surface area contributed by atoms with E-state index in [1.54, 1.807) is 18.3 Å². The number of rotatable bonds is 9. The van der Waals surface area contributed by atoms with Gasteiger partial charge >= 0.3 is 5.97 Å². The van der Waals surface area contributed by atoms with E-state index in [0.29, 0.717) is 12.2 Å². The zero-order valence-electron chi connectivity index (χ0n) is 10.4. The molecule has 0 saturated carbocycles. The standard InChI is InChI=1S/C13H20N2O3.H2/c16-12(17)8-4-2-1-3-5-9-15-13(18)11-7-6-10-14-11;/h6-7,10,14H,1-5,8-9H2,(H,15,18)(H,16,17);1H. The molecular formula is C13H22N2O3. The molecule has 5 heteroatoms. The summed E-state index contributed by atoms with van der Waals surface area (Å²) in [6.07, 6.45) is 6.62. The minimum atomic E-state index is -0.729. The molecule has 5 nitrogen and oxygen atoms in total. The summed E-state index contributed by atoms with van der Waals surface area (Å²) in [6.45, 7) is 0.663. The molecule has 3 N–H and O–H groups in total. The molecule has 0 unspecified atom stereocenters. The Labute approximate surface area is 108 Å². The number of carboxylic acid groups (broad SMARTS) is 1. The molecule has 1 aromatic rings. The van der Waals surface area contributed by atoms with E-state index in [9.17, 15) is 9.59 Å². The molecule has 0 spiro atoms. The molecular weight excluding hydrogens is 232 g/mol. The lowest BCUT2D eigenvalue weighted by atomic mass is 10.1. The minimum absolute atomic E-state index is 0. The number of aromatic nitrogens is 1. The van der Waals surface area contributed by atoms with E-state index >= 15 is 0 Å². The highest BCUT2D eigenvalue weighted by atomic mass is 16.4. The van der Waals surface area contributed by atoms with E-state index in [0.717, 1.165) is 32.1 Å². The fourth-order valence-corrected chi connectivity index (χ4v) is 1.70. The van der Waals surface area contributed by atoms with E-state index in [2.05, 4.69) is 10.3 Å². The number of carboxylic acids is 1. The van der Waals surface area contributed by atoms with Crippen molar-refractivity contribution in [2.24, 2.45) is 0 Å². The second-order valence-electron chi connectivity index (χ2n) is 4.25. The second kappa shape index (κ2) is 8.33. The van der Waals surface area contributed by atoms with Gasteiger partial charge in [-0.05, 0) is 25.0 Å². The average molecular weight is 254 g/mol. The summed E-state index contributed by atoms with van der Waals surface area (Å²) in [7, 11) is 0. The lowest BCUT2D eigenvalue weighted by Gasteiger charge is -2.03. The summed E-state index contributed by atoms with van der Waals surface area (Å²) in [5, 5.41) is 11.3. The summed E-state index contributed by atoms with van der Waals surface area (Å²) in [5.74, 6) is -0.806. The van der Waals surface area contributed by atoms with Crippen LogP contribution >= 0.6 is 0 Å². The van der Waals surface area contributed by atoms with E-state index in [1.807, 2.05) is 0 Å². The predicted molar refractivity (Wildman–Crippen MR) is 70.6 cm³/mol. The maximum atomic E-state index is 11.5. The topological polar surface area (TPSA) is 82.2 Å². The molecule has 0 aliphatic heterocycles. The van der Waals surface area contributed by atoms with Crippen LogP contribution in [-0.2, 0) is 4.79 Å². The highest BCUT2D eigenvalue weighted by Gasteiger charge is 2.03. The number of amides is 1. The van der Waals surface area contributed by atoms with Gasteiger partial charge in [0.2, 0.25) is 0 Å². The summed E-state index contributed by atoms with van der Waals surface area (Å²) in [4.78, 5) is 24.6. The Hall–Kier alpha value is -1.78. The van der Waals surface area contributed by atoms with E-state index in [4.69, 9.17) is 5.11 Å². The van der Waals surface area contributed by atoms with Crippen molar-refractivity contribution < 1.29 is 16.1 Å². The summed E-state index contributed by atoms with van der Waals surface area (Å²) in [6, 6.07) is 3.53. The Morgan fingerprint density at radius 3 is 2.61 bits per heavy atom. The van der Waals surface area contributed by atoms with E-state index in [1.165, 1.54) is 0 Å². The Morgan fingerprint density at radius 1 is 1.22 bits per heavy atom. The number of carbonyl (C=O) groups is 2. The first-order valence-corrected chi connectivity index (χ1v) is 6.33. The van der Waals surface area contributed by atoms with Crippen molar-refractivity contribution in [2.75, 3.05) is 6.54 Å². The van der Waals surface area contributed by atoms with Crippen LogP contribution in [0.25, 0.3) is 0 Å². The first kappa shape index (κ1) is 14.3. The van der Waals surface area contributed by atoms with Crippen molar-refractivity contribution in [3.8, 4) is 0 Å². The van der Waals surface area contributed by atoms with Crippen LogP contribution < -0.4 is 5.32 Å². The largest absolute Gasteiger partial charge is 0.481 e. The van der Waals surface area contributed by atoms with Crippen molar-refractivity contribution in [3.05, 3.63) is 24.0 Å². The molecule has 0 radical (unpaired) electrons. The van der Waals surface area contributed by atoms with Crippen LogP contribution in [0.15, 0.2) is 18.3 Å². The number of hydrogen-bond donors (Lipinski definition) is 3. The molecule has 0 bridgehead atoms. The van der Waals surface area contributed by atoms with Gasteiger partial charge in [-0.2, -0.15) is 0 Å². The minimum Gasteiger partial charge on any atom is -0.481 e. The van der Waals surface area contributed by atoms with Crippen molar-refractivity contribution in [2.45, 2.75) is 38.5 Å². The van der Waals surface area contributed by atoms with Crippen LogP contribution in [0.3, 0.4) is 0 Å². The van der Waals surface area contributed by atoms with Crippen LogP contribution in [0.2, 0.25) is 0 Å². The normalized spacial score (nSPS) is 10.2. The number of hydrogen-bond acceptors (Lipinski definition) is 2. The molecule has 0 fully saturated rings. The smallest absolute Gasteiger partial charge is 0.303 e. The van der Waals surface area contributed by atoms with Crippen molar-refractivity contribution in [3.63, 3.8) is 0 Å². The van der Waals surface area contributed by atoms with E-state index in [-0.39, 0.29) is 13.8 Å². The molecule has 1 heterocycles. The molecule has 1 rings (SSSR count). The Morgan fingerprint density at radius 2 is 1.94 bits per heavy atom. The molecule has 1 aromatic heterocycles. The second-order valence-corrected chi connectivity index (χ2v) is 4.25. The third kappa shape index (κ3) is 6.08. The number of unbranched alkanes of at least 4 members (excludes halogenated alkanes) is 4. The van der Waals surface area contributed by atoms with Gasteiger partial charge in [0, 0.05) is 20.6 Å². The molecule has 0 aliphatic rings. The fourth-order valence-electron chi connectivity index (χ4n) is 1.70. The molecule has 18 heavy (non-hydrogen) atoms. The van der Waals surface area contributed by atoms with Crippen LogP contribution in [0, 0.1) is 0 Å². The van der Waals surface area contributed by atoms with Gasteiger partial charge in [0.15, 0.2) is 0 Å². The van der Waals surface area contributed by atoms with Gasteiger partial charge in [0.1, 0.15) is 5.69 Å². The quantitative estimate of drug-likeness (QED) is 0.592. The first-order chi connectivity index (χ1) is 8.70. The van der Waals surface area contributed by atoms with Gasteiger partial charge in [0.05, 0.1) is 0 Å². The molecule has 0 atom stereocenters. The highest BCUT2D eigenvalue weighted by molar-refractivity contribution is 5.92. The molecule has 1 amide bonds. The molecule has 0 aliphatic carbocycles. The van der Waals surface area contributed by atoms with Crippen molar-refractivity contribution >= 4 is 11.9 Å². The molecule has 0 saturated heterocycles. The maximum absolute atomic E-state index is 11.5.